The van der Waals surface area contributed by atoms with Crippen LogP contribution in [0.5, 0.6) is 0 Å². The van der Waals surface area contributed by atoms with Crippen molar-refractivity contribution in [2.24, 2.45) is 4.99 Å². The highest BCUT2D eigenvalue weighted by Gasteiger charge is 2.16. The molecule has 0 saturated carbocycles. The standard InChI is InChI=1S/C11H13Cl3N2O/c1-11(2,14)6-15-10(16-17)9-7(12)4-3-5-8(9)13/h3-5,17H,6H2,1-2H3,(H,15,16). The van der Waals surface area contributed by atoms with Crippen molar-refractivity contribution >= 4 is 40.6 Å². The van der Waals surface area contributed by atoms with Gasteiger partial charge in [0.05, 0.1) is 27.0 Å². The largest absolute Gasteiger partial charge is 0.290 e. The summed E-state index contributed by atoms with van der Waals surface area (Å²) in [4.78, 5) is 3.66. The molecule has 0 aliphatic heterocycles. The van der Waals surface area contributed by atoms with Gasteiger partial charge in [-0.15, -0.1) is 11.6 Å². The Balaban J connectivity index is 3.10. The maximum absolute atomic E-state index is 9.08. The van der Waals surface area contributed by atoms with E-state index in [0.29, 0.717) is 22.2 Å². The smallest absolute Gasteiger partial charge is 0.155 e. The molecule has 0 aliphatic rings. The fourth-order valence-electron chi connectivity index (χ4n) is 1.16. The number of rotatable bonds is 3. The SMILES string of the molecule is CC(C)(Cl)CN=C(NO)c1c(Cl)cccc1Cl. The first-order chi connectivity index (χ1) is 7.85. The number of alkyl halides is 1. The van der Waals surface area contributed by atoms with Gasteiger partial charge < -0.3 is 0 Å². The molecule has 0 amide bonds. The van der Waals surface area contributed by atoms with Gasteiger partial charge in [-0.3, -0.25) is 15.7 Å². The lowest BCUT2D eigenvalue weighted by atomic mass is 10.2. The summed E-state index contributed by atoms with van der Waals surface area (Å²) in [6.07, 6.45) is 0. The third kappa shape index (κ3) is 4.36. The Morgan fingerprint density at radius 3 is 2.29 bits per heavy atom. The Morgan fingerprint density at radius 1 is 1.35 bits per heavy atom. The molecule has 0 fully saturated rings. The van der Waals surface area contributed by atoms with E-state index in [1.54, 1.807) is 18.2 Å². The zero-order valence-electron chi connectivity index (χ0n) is 9.47. The third-order valence-corrected chi connectivity index (χ3v) is 2.67. The number of hydroxylamine groups is 1. The minimum absolute atomic E-state index is 0.203. The first-order valence-corrected chi connectivity index (χ1v) is 6.06. The van der Waals surface area contributed by atoms with Gasteiger partial charge in [0, 0.05) is 0 Å². The molecule has 0 radical (unpaired) electrons. The highest BCUT2D eigenvalue weighted by molar-refractivity contribution is 6.40. The fourth-order valence-corrected chi connectivity index (χ4v) is 1.80. The van der Waals surface area contributed by atoms with Crippen LogP contribution in [0.1, 0.15) is 19.4 Å². The number of hydrogen-bond acceptors (Lipinski definition) is 2. The predicted molar refractivity (Wildman–Crippen MR) is 72.7 cm³/mol. The van der Waals surface area contributed by atoms with Crippen LogP contribution in [-0.4, -0.2) is 22.5 Å². The second kappa shape index (κ2) is 5.91. The number of nitrogens with zero attached hydrogens (tertiary/aromatic N) is 1. The number of halogens is 3. The van der Waals surface area contributed by atoms with Gasteiger partial charge in [-0.1, -0.05) is 29.3 Å². The highest BCUT2D eigenvalue weighted by atomic mass is 35.5. The normalized spacial score (nSPS) is 12.7. The summed E-state index contributed by atoms with van der Waals surface area (Å²) >= 11 is 18.0. The van der Waals surface area contributed by atoms with Crippen LogP contribution in [0.15, 0.2) is 23.2 Å². The van der Waals surface area contributed by atoms with Crippen molar-refractivity contribution in [3.05, 3.63) is 33.8 Å². The molecular formula is C11H13Cl3N2O. The van der Waals surface area contributed by atoms with Gasteiger partial charge in [0.15, 0.2) is 5.84 Å². The maximum atomic E-state index is 9.08. The summed E-state index contributed by atoms with van der Waals surface area (Å²) in [7, 11) is 0. The van der Waals surface area contributed by atoms with Crippen molar-refractivity contribution in [3.8, 4) is 0 Å². The maximum Gasteiger partial charge on any atom is 0.155 e. The Labute approximate surface area is 115 Å². The zero-order chi connectivity index (χ0) is 13.1. The Morgan fingerprint density at radius 2 is 1.88 bits per heavy atom. The van der Waals surface area contributed by atoms with E-state index < -0.39 is 4.87 Å². The topological polar surface area (TPSA) is 44.6 Å². The van der Waals surface area contributed by atoms with Crippen molar-refractivity contribution in [1.82, 2.24) is 5.48 Å². The quantitative estimate of drug-likeness (QED) is 0.386. The van der Waals surface area contributed by atoms with Crippen LogP contribution in [0.4, 0.5) is 0 Å². The van der Waals surface area contributed by atoms with Crippen molar-refractivity contribution in [3.63, 3.8) is 0 Å². The minimum Gasteiger partial charge on any atom is -0.290 e. The van der Waals surface area contributed by atoms with Crippen LogP contribution in [0.3, 0.4) is 0 Å². The third-order valence-electron chi connectivity index (χ3n) is 1.92. The minimum atomic E-state index is -0.504. The summed E-state index contributed by atoms with van der Waals surface area (Å²) in [5.74, 6) is 0.203. The van der Waals surface area contributed by atoms with E-state index in [1.165, 1.54) is 0 Å². The highest BCUT2D eigenvalue weighted by Crippen LogP contribution is 2.24. The lowest BCUT2D eigenvalue weighted by Gasteiger charge is -2.14. The second-order valence-electron chi connectivity index (χ2n) is 4.09. The molecule has 6 heteroatoms. The van der Waals surface area contributed by atoms with Crippen LogP contribution in [-0.2, 0) is 0 Å². The molecular weight excluding hydrogens is 282 g/mol. The first kappa shape index (κ1) is 14.6. The van der Waals surface area contributed by atoms with Gasteiger partial charge in [-0.2, -0.15) is 0 Å². The summed E-state index contributed by atoms with van der Waals surface area (Å²) in [5.41, 5.74) is 2.45. The van der Waals surface area contributed by atoms with E-state index in [4.69, 9.17) is 40.0 Å². The van der Waals surface area contributed by atoms with Gasteiger partial charge in [0.2, 0.25) is 0 Å². The lowest BCUT2D eigenvalue weighted by Crippen LogP contribution is -2.25. The summed E-state index contributed by atoms with van der Waals surface area (Å²) < 4.78 is 0. The van der Waals surface area contributed by atoms with Crippen LogP contribution in [0, 0.1) is 0 Å². The molecule has 0 unspecified atom stereocenters. The number of hydrogen-bond donors (Lipinski definition) is 2. The van der Waals surface area contributed by atoms with Crippen LogP contribution >= 0.6 is 34.8 Å². The van der Waals surface area contributed by atoms with Crippen molar-refractivity contribution < 1.29 is 5.21 Å². The summed E-state index contributed by atoms with van der Waals surface area (Å²) in [6, 6.07) is 5.05. The molecule has 0 saturated heterocycles. The van der Waals surface area contributed by atoms with Crippen LogP contribution in [0.2, 0.25) is 10.0 Å². The zero-order valence-corrected chi connectivity index (χ0v) is 11.7. The van der Waals surface area contributed by atoms with Crippen molar-refractivity contribution in [2.75, 3.05) is 6.54 Å². The van der Waals surface area contributed by atoms with Gasteiger partial charge in [0.25, 0.3) is 0 Å². The van der Waals surface area contributed by atoms with Gasteiger partial charge in [0.1, 0.15) is 0 Å². The molecule has 1 rings (SSSR count). The Hall–Kier alpha value is -0.480. The average Bonchev–Trinajstić information content (AvgIpc) is 2.21. The summed E-state index contributed by atoms with van der Waals surface area (Å²) in [6.45, 7) is 3.96. The van der Waals surface area contributed by atoms with Crippen molar-refractivity contribution in [2.45, 2.75) is 18.7 Å². The molecule has 17 heavy (non-hydrogen) atoms. The fraction of sp³-hybridized carbons (Fsp3) is 0.364. The molecule has 0 aromatic heterocycles. The van der Waals surface area contributed by atoms with Gasteiger partial charge in [-0.05, 0) is 26.0 Å². The number of benzene rings is 1. The van der Waals surface area contributed by atoms with Gasteiger partial charge >= 0.3 is 0 Å². The molecule has 0 heterocycles. The number of amidine groups is 1. The predicted octanol–water partition coefficient (Wildman–Crippen LogP) is 3.74. The monoisotopic (exact) mass is 294 g/mol. The molecule has 1 aromatic carbocycles. The lowest BCUT2D eigenvalue weighted by molar-refractivity contribution is 0.234. The molecule has 0 atom stereocenters. The Kier molecular flexibility index (Phi) is 5.07. The molecule has 0 aliphatic carbocycles. The van der Waals surface area contributed by atoms with E-state index in [-0.39, 0.29) is 5.84 Å². The number of aliphatic imine (C=N–C) groups is 1. The summed E-state index contributed by atoms with van der Waals surface area (Å²) in [5, 5.41) is 9.90. The van der Waals surface area contributed by atoms with E-state index >= 15 is 0 Å². The first-order valence-electron chi connectivity index (χ1n) is 4.93. The molecule has 94 valence electrons. The van der Waals surface area contributed by atoms with Crippen molar-refractivity contribution in [1.29, 1.82) is 0 Å². The molecule has 0 spiro atoms. The molecule has 3 nitrogen and oxygen atoms in total. The molecule has 2 N–H and O–H groups in total. The van der Waals surface area contributed by atoms with Gasteiger partial charge in [-0.25, -0.2) is 0 Å². The molecule has 1 aromatic rings. The van der Waals surface area contributed by atoms with Crippen LogP contribution in [0.25, 0.3) is 0 Å². The molecule has 0 bridgehead atoms. The van der Waals surface area contributed by atoms with E-state index in [2.05, 4.69) is 4.99 Å². The number of nitrogens with one attached hydrogen (secondary N) is 1. The van der Waals surface area contributed by atoms with E-state index in [1.807, 2.05) is 19.3 Å². The van der Waals surface area contributed by atoms with E-state index in [9.17, 15) is 0 Å². The Bertz CT molecular complexity index is 407. The van der Waals surface area contributed by atoms with Crippen LogP contribution < -0.4 is 5.48 Å². The average molecular weight is 296 g/mol. The van der Waals surface area contributed by atoms with E-state index in [0.717, 1.165) is 0 Å². The second-order valence-corrected chi connectivity index (χ2v) is 5.93.